The van der Waals surface area contributed by atoms with Gasteiger partial charge in [0, 0.05) is 36.2 Å². The molecule has 0 spiro atoms. The summed E-state index contributed by atoms with van der Waals surface area (Å²) in [6.45, 7) is 7.79. The number of ether oxygens (including phenoxy) is 1. The average molecular weight is 229 g/mol. The summed E-state index contributed by atoms with van der Waals surface area (Å²) < 4.78 is 16.8. The summed E-state index contributed by atoms with van der Waals surface area (Å²) in [7, 11) is -0.695. The van der Waals surface area contributed by atoms with Crippen LogP contribution in [-0.2, 0) is 15.5 Å². The van der Waals surface area contributed by atoms with E-state index < -0.39 is 10.8 Å². The fourth-order valence-corrected chi connectivity index (χ4v) is 3.00. The Labute approximate surface area is 94.6 Å². The second-order valence-electron chi connectivity index (χ2n) is 4.34. The van der Waals surface area contributed by atoms with Gasteiger partial charge in [-0.3, -0.25) is 9.11 Å². The topological polar surface area (TPSA) is 29.5 Å². The van der Waals surface area contributed by atoms with E-state index >= 15 is 0 Å². The van der Waals surface area contributed by atoms with Gasteiger partial charge in [-0.15, -0.1) is 6.42 Å². The molecule has 0 aromatic rings. The molecule has 4 heteroatoms. The molecule has 1 rings (SSSR count). The number of hydrogen-bond donors (Lipinski definition) is 0. The summed E-state index contributed by atoms with van der Waals surface area (Å²) in [5.41, 5.74) is 0. The monoisotopic (exact) mass is 229 g/mol. The van der Waals surface area contributed by atoms with Gasteiger partial charge in [-0.2, -0.15) is 0 Å². The van der Waals surface area contributed by atoms with Crippen molar-refractivity contribution in [3.63, 3.8) is 0 Å². The lowest BCUT2D eigenvalue weighted by atomic mass is 10.2. The molecule has 0 aromatic carbocycles. The second-order valence-corrected chi connectivity index (χ2v) is 6.55. The fraction of sp³-hybridized carbons (Fsp3) is 0.818. The van der Waals surface area contributed by atoms with Crippen LogP contribution in [0.5, 0.6) is 0 Å². The molecule has 3 nitrogen and oxygen atoms in total. The molecule has 0 saturated carbocycles. The number of hydrogen-bond acceptors (Lipinski definition) is 3. The van der Waals surface area contributed by atoms with Crippen LogP contribution in [0.3, 0.4) is 0 Å². The molecule has 0 aromatic heterocycles. The largest absolute Gasteiger partial charge is 0.367 e. The fourth-order valence-electron chi connectivity index (χ4n) is 1.69. The molecule has 0 radical (unpaired) electrons. The van der Waals surface area contributed by atoms with Crippen LogP contribution >= 0.6 is 0 Å². The van der Waals surface area contributed by atoms with Gasteiger partial charge in [0.1, 0.15) is 6.61 Å². The number of rotatable bonds is 4. The van der Waals surface area contributed by atoms with E-state index in [2.05, 4.69) is 24.7 Å². The van der Waals surface area contributed by atoms with Crippen LogP contribution in [0, 0.1) is 12.3 Å². The third-order valence-electron chi connectivity index (χ3n) is 2.55. The molecular formula is C11H19NO2S. The van der Waals surface area contributed by atoms with E-state index in [9.17, 15) is 4.21 Å². The quantitative estimate of drug-likeness (QED) is 0.519. The van der Waals surface area contributed by atoms with E-state index in [1.165, 1.54) is 0 Å². The van der Waals surface area contributed by atoms with Gasteiger partial charge in [0.25, 0.3) is 0 Å². The minimum Gasteiger partial charge on any atom is -0.367 e. The minimum absolute atomic E-state index is 0.0929. The van der Waals surface area contributed by atoms with Crippen molar-refractivity contribution in [2.45, 2.75) is 18.6 Å². The molecule has 1 fully saturated rings. The highest BCUT2D eigenvalue weighted by molar-refractivity contribution is 7.86. The summed E-state index contributed by atoms with van der Waals surface area (Å²) >= 11 is 0. The minimum atomic E-state index is -0.695. The Balaban J connectivity index is 2.27. The summed E-state index contributed by atoms with van der Waals surface area (Å²) in [6.07, 6.45) is 5.08. The van der Waals surface area contributed by atoms with E-state index in [0.717, 1.165) is 25.4 Å². The van der Waals surface area contributed by atoms with Gasteiger partial charge >= 0.3 is 0 Å². The molecule has 1 saturated heterocycles. The lowest BCUT2D eigenvalue weighted by Gasteiger charge is -2.37. The Morgan fingerprint density at radius 2 is 2.33 bits per heavy atom. The summed E-state index contributed by atoms with van der Waals surface area (Å²) in [5, 5.41) is 0. The standard InChI is InChI=1S/C11H19NO2S/c1-4-7-14-8-5-12-6-9-15(13)11(2,3)10-12/h1H,5-10H2,2-3H3. The number of nitrogens with zero attached hydrogens (tertiary/aromatic N) is 1. The maximum absolute atomic E-state index is 11.7. The van der Waals surface area contributed by atoms with Crippen molar-refractivity contribution in [2.24, 2.45) is 0 Å². The van der Waals surface area contributed by atoms with Crippen LogP contribution in [0.1, 0.15) is 13.8 Å². The molecule has 0 amide bonds. The molecule has 0 aliphatic carbocycles. The summed E-state index contributed by atoms with van der Waals surface area (Å²) in [4.78, 5) is 2.29. The van der Waals surface area contributed by atoms with Crippen LogP contribution in [-0.4, -0.2) is 52.5 Å². The van der Waals surface area contributed by atoms with Crippen LogP contribution < -0.4 is 0 Å². The molecule has 1 heterocycles. The Hall–Kier alpha value is -0.370. The lowest BCUT2D eigenvalue weighted by Crippen LogP contribution is -2.50. The third kappa shape index (κ3) is 3.94. The molecule has 0 bridgehead atoms. The van der Waals surface area contributed by atoms with Crippen molar-refractivity contribution in [3.05, 3.63) is 0 Å². The first kappa shape index (κ1) is 12.7. The van der Waals surface area contributed by atoms with Gasteiger partial charge in [-0.25, -0.2) is 0 Å². The molecule has 1 atom stereocenters. The molecule has 1 unspecified atom stereocenters. The van der Waals surface area contributed by atoms with Gasteiger partial charge in [-0.1, -0.05) is 5.92 Å². The van der Waals surface area contributed by atoms with Crippen molar-refractivity contribution < 1.29 is 8.95 Å². The van der Waals surface area contributed by atoms with Gasteiger partial charge in [0.2, 0.25) is 0 Å². The summed E-state index contributed by atoms with van der Waals surface area (Å²) in [6, 6.07) is 0. The predicted octanol–water partition coefficient (Wildman–Crippen LogP) is 0.479. The van der Waals surface area contributed by atoms with Crippen LogP contribution in [0.25, 0.3) is 0 Å². The predicted molar refractivity (Wildman–Crippen MR) is 63.2 cm³/mol. The van der Waals surface area contributed by atoms with Gasteiger partial charge in [0.05, 0.1) is 11.4 Å². The third-order valence-corrected chi connectivity index (χ3v) is 4.47. The van der Waals surface area contributed by atoms with Gasteiger partial charge in [-0.05, 0) is 13.8 Å². The Morgan fingerprint density at radius 1 is 1.60 bits per heavy atom. The SMILES string of the molecule is C#CCOCCN1CCS(=O)C(C)(C)C1. The van der Waals surface area contributed by atoms with Crippen molar-refractivity contribution >= 4 is 10.8 Å². The Morgan fingerprint density at radius 3 is 2.93 bits per heavy atom. The first-order chi connectivity index (χ1) is 7.06. The van der Waals surface area contributed by atoms with Crippen LogP contribution in [0.4, 0.5) is 0 Å². The normalized spacial score (nSPS) is 26.1. The molecule has 0 N–H and O–H groups in total. The highest BCUT2D eigenvalue weighted by Crippen LogP contribution is 2.19. The Bertz CT molecular complexity index is 270. The van der Waals surface area contributed by atoms with Gasteiger partial charge < -0.3 is 4.74 Å². The average Bonchev–Trinajstić information content (AvgIpc) is 2.18. The highest BCUT2D eigenvalue weighted by atomic mass is 32.2. The van der Waals surface area contributed by atoms with Crippen LogP contribution in [0.2, 0.25) is 0 Å². The molecule has 1 aliphatic rings. The zero-order chi connectivity index (χ0) is 11.3. The summed E-state index contributed by atoms with van der Waals surface area (Å²) in [5.74, 6) is 3.21. The van der Waals surface area contributed by atoms with E-state index in [-0.39, 0.29) is 4.75 Å². The first-order valence-corrected chi connectivity index (χ1v) is 6.50. The molecule has 86 valence electrons. The van der Waals surface area contributed by atoms with Crippen molar-refractivity contribution in [1.82, 2.24) is 4.90 Å². The second kappa shape index (κ2) is 5.64. The van der Waals surface area contributed by atoms with Crippen molar-refractivity contribution in [3.8, 4) is 12.3 Å². The van der Waals surface area contributed by atoms with Crippen LogP contribution in [0.15, 0.2) is 0 Å². The maximum atomic E-state index is 11.7. The van der Waals surface area contributed by atoms with Gasteiger partial charge in [0.15, 0.2) is 0 Å². The zero-order valence-corrected chi connectivity index (χ0v) is 10.3. The maximum Gasteiger partial charge on any atom is 0.107 e. The van der Waals surface area contributed by atoms with Crippen molar-refractivity contribution in [1.29, 1.82) is 0 Å². The number of terminal acetylenes is 1. The first-order valence-electron chi connectivity index (χ1n) is 5.18. The lowest BCUT2D eigenvalue weighted by molar-refractivity contribution is 0.124. The van der Waals surface area contributed by atoms with E-state index in [1.54, 1.807) is 0 Å². The van der Waals surface area contributed by atoms with E-state index in [1.807, 2.05) is 0 Å². The molecule has 15 heavy (non-hydrogen) atoms. The van der Waals surface area contributed by atoms with E-state index in [0.29, 0.717) is 13.2 Å². The van der Waals surface area contributed by atoms with E-state index in [4.69, 9.17) is 11.2 Å². The molecular weight excluding hydrogens is 210 g/mol. The molecule has 1 aliphatic heterocycles. The smallest absolute Gasteiger partial charge is 0.107 e. The highest BCUT2D eigenvalue weighted by Gasteiger charge is 2.32. The Kier molecular flexibility index (Phi) is 4.78. The zero-order valence-electron chi connectivity index (χ0n) is 9.49. The van der Waals surface area contributed by atoms with Crippen molar-refractivity contribution in [2.75, 3.05) is 38.6 Å².